The monoisotopic (exact) mass is 388 g/mol. The number of carbonyl (C=O) groups is 2. The Bertz CT molecular complexity index is 816. The van der Waals surface area contributed by atoms with Gasteiger partial charge in [0.2, 0.25) is 11.1 Å². The van der Waals surface area contributed by atoms with Crippen molar-refractivity contribution >= 4 is 29.4 Å². The summed E-state index contributed by atoms with van der Waals surface area (Å²) in [5.41, 5.74) is 2.74. The Morgan fingerprint density at radius 1 is 1.22 bits per heavy atom. The first kappa shape index (κ1) is 19.3. The van der Waals surface area contributed by atoms with E-state index in [9.17, 15) is 9.59 Å². The van der Waals surface area contributed by atoms with Crippen molar-refractivity contribution in [3.8, 4) is 0 Å². The summed E-state index contributed by atoms with van der Waals surface area (Å²) in [5.74, 6) is -0.311. The van der Waals surface area contributed by atoms with E-state index in [-0.39, 0.29) is 11.7 Å². The normalized spacial score (nSPS) is 14.7. The summed E-state index contributed by atoms with van der Waals surface area (Å²) in [6.45, 7) is 3.89. The molecule has 0 radical (unpaired) electrons. The maximum absolute atomic E-state index is 12.1. The molecule has 1 aromatic carbocycles. The highest BCUT2D eigenvalue weighted by Gasteiger charge is 2.21. The van der Waals surface area contributed by atoms with Crippen LogP contribution in [-0.4, -0.2) is 37.9 Å². The number of urea groups is 1. The first-order chi connectivity index (χ1) is 13.0. The van der Waals surface area contributed by atoms with Gasteiger partial charge in [-0.25, -0.2) is 9.48 Å². The van der Waals surface area contributed by atoms with Crippen molar-refractivity contribution in [2.24, 2.45) is 0 Å². The van der Waals surface area contributed by atoms with Crippen LogP contribution in [0.3, 0.4) is 0 Å². The van der Waals surface area contributed by atoms with Crippen LogP contribution < -0.4 is 10.6 Å². The van der Waals surface area contributed by atoms with Crippen LogP contribution in [-0.2, 0) is 4.79 Å². The van der Waals surface area contributed by atoms with Gasteiger partial charge in [-0.15, -0.1) is 5.10 Å². The summed E-state index contributed by atoms with van der Waals surface area (Å²) in [7, 11) is 0. The molecule has 1 heterocycles. The van der Waals surface area contributed by atoms with E-state index >= 15 is 0 Å². The number of carbonyl (C=O) groups excluding carboxylic acids is 2. The Morgan fingerprint density at radius 2 is 2.00 bits per heavy atom. The molecule has 0 spiro atoms. The predicted octanol–water partition coefficient (Wildman–Crippen LogP) is 3.24. The van der Waals surface area contributed by atoms with Crippen LogP contribution in [0.2, 0.25) is 0 Å². The largest absolute Gasteiger partial charge is 0.325 e. The van der Waals surface area contributed by atoms with E-state index in [1.165, 1.54) is 31.0 Å². The SMILES string of the molecule is Cc1cccc(NC(=O)NC(=O)CSc2nnnn2C2CCCCC2)c1C. The van der Waals surface area contributed by atoms with Gasteiger partial charge in [0.05, 0.1) is 11.8 Å². The molecular formula is C18H24N6O2S. The van der Waals surface area contributed by atoms with Crippen LogP contribution in [0.15, 0.2) is 23.4 Å². The van der Waals surface area contributed by atoms with E-state index in [0.29, 0.717) is 16.9 Å². The molecule has 3 rings (SSSR count). The average molecular weight is 388 g/mol. The number of aryl methyl sites for hydroxylation is 1. The van der Waals surface area contributed by atoms with Gasteiger partial charge in [-0.3, -0.25) is 10.1 Å². The molecule has 1 aliphatic rings. The number of thioether (sulfide) groups is 1. The fourth-order valence-electron chi connectivity index (χ4n) is 3.17. The Labute approximate surface area is 162 Å². The smallest absolute Gasteiger partial charge is 0.307 e. The number of benzene rings is 1. The Morgan fingerprint density at radius 3 is 2.78 bits per heavy atom. The topological polar surface area (TPSA) is 102 Å². The number of nitrogens with one attached hydrogen (secondary N) is 2. The van der Waals surface area contributed by atoms with Gasteiger partial charge in [-0.05, 0) is 54.3 Å². The van der Waals surface area contributed by atoms with Gasteiger partial charge in [0.25, 0.3) is 0 Å². The summed E-state index contributed by atoms with van der Waals surface area (Å²) in [4.78, 5) is 24.2. The summed E-state index contributed by atoms with van der Waals surface area (Å²) < 4.78 is 1.81. The third kappa shape index (κ3) is 5.06. The lowest BCUT2D eigenvalue weighted by Crippen LogP contribution is -2.35. The Hall–Kier alpha value is -2.42. The van der Waals surface area contributed by atoms with E-state index in [1.54, 1.807) is 6.07 Å². The maximum atomic E-state index is 12.1. The lowest BCUT2D eigenvalue weighted by atomic mass is 9.96. The molecule has 2 aromatic rings. The van der Waals surface area contributed by atoms with Gasteiger partial charge in [-0.2, -0.15) is 0 Å². The van der Waals surface area contributed by atoms with Crippen LogP contribution in [0, 0.1) is 13.8 Å². The highest BCUT2D eigenvalue weighted by atomic mass is 32.2. The molecule has 8 nitrogen and oxygen atoms in total. The number of anilines is 1. The maximum Gasteiger partial charge on any atom is 0.325 e. The molecule has 9 heteroatoms. The van der Waals surface area contributed by atoms with Gasteiger partial charge in [0, 0.05) is 5.69 Å². The second kappa shape index (κ2) is 8.98. The van der Waals surface area contributed by atoms with Crippen molar-refractivity contribution in [2.75, 3.05) is 11.1 Å². The van der Waals surface area contributed by atoms with Crippen molar-refractivity contribution in [1.82, 2.24) is 25.5 Å². The van der Waals surface area contributed by atoms with Crippen LogP contribution in [0.5, 0.6) is 0 Å². The fourth-order valence-corrected chi connectivity index (χ4v) is 3.91. The number of nitrogens with zero attached hydrogens (tertiary/aromatic N) is 4. The highest BCUT2D eigenvalue weighted by Crippen LogP contribution is 2.30. The van der Waals surface area contributed by atoms with E-state index in [1.807, 2.05) is 30.7 Å². The van der Waals surface area contributed by atoms with Gasteiger partial charge < -0.3 is 5.32 Å². The molecule has 144 valence electrons. The third-order valence-corrected chi connectivity index (χ3v) is 5.75. The van der Waals surface area contributed by atoms with Crippen LogP contribution in [0.25, 0.3) is 0 Å². The Kier molecular flexibility index (Phi) is 6.44. The summed E-state index contributed by atoms with van der Waals surface area (Å²) in [5, 5.41) is 17.5. The molecule has 3 amide bonds. The number of amides is 3. The number of tetrazole rings is 1. The molecule has 27 heavy (non-hydrogen) atoms. The standard InChI is InChI=1S/C18H24N6O2S/c1-12-7-6-10-15(13(12)2)19-17(26)20-16(25)11-27-18-21-22-23-24(18)14-8-4-3-5-9-14/h6-7,10,14H,3-5,8-9,11H2,1-2H3,(H2,19,20,25,26). The number of hydrogen-bond acceptors (Lipinski definition) is 6. The van der Waals surface area contributed by atoms with Crippen molar-refractivity contribution in [2.45, 2.75) is 57.1 Å². The molecule has 1 aliphatic carbocycles. The summed E-state index contributed by atoms with van der Waals surface area (Å²) >= 11 is 1.24. The first-order valence-electron chi connectivity index (χ1n) is 9.12. The molecule has 0 bridgehead atoms. The number of aromatic nitrogens is 4. The van der Waals surface area contributed by atoms with Crippen molar-refractivity contribution < 1.29 is 9.59 Å². The van der Waals surface area contributed by atoms with Crippen LogP contribution >= 0.6 is 11.8 Å². The van der Waals surface area contributed by atoms with Crippen molar-refractivity contribution in [3.05, 3.63) is 29.3 Å². The lowest BCUT2D eigenvalue weighted by Gasteiger charge is -2.21. The fraction of sp³-hybridized carbons (Fsp3) is 0.500. The molecule has 0 atom stereocenters. The minimum atomic E-state index is -0.541. The third-order valence-electron chi connectivity index (χ3n) is 4.82. The van der Waals surface area contributed by atoms with E-state index in [0.717, 1.165) is 24.0 Å². The van der Waals surface area contributed by atoms with Crippen molar-refractivity contribution in [1.29, 1.82) is 0 Å². The molecular weight excluding hydrogens is 364 g/mol. The molecule has 0 unspecified atom stereocenters. The minimum Gasteiger partial charge on any atom is -0.307 e. The van der Waals surface area contributed by atoms with Crippen molar-refractivity contribution in [3.63, 3.8) is 0 Å². The number of hydrogen-bond donors (Lipinski definition) is 2. The molecule has 1 aromatic heterocycles. The predicted molar refractivity (Wildman–Crippen MR) is 104 cm³/mol. The molecule has 0 saturated heterocycles. The first-order valence-corrected chi connectivity index (χ1v) is 10.1. The minimum absolute atomic E-state index is 0.0767. The van der Waals surface area contributed by atoms with E-state index in [4.69, 9.17) is 0 Å². The van der Waals surface area contributed by atoms with Gasteiger partial charge in [0.1, 0.15) is 0 Å². The van der Waals surface area contributed by atoms with Crippen LogP contribution in [0.4, 0.5) is 10.5 Å². The second-order valence-corrected chi connectivity index (χ2v) is 7.68. The van der Waals surface area contributed by atoms with Crippen LogP contribution in [0.1, 0.15) is 49.3 Å². The zero-order valence-corrected chi connectivity index (χ0v) is 16.4. The zero-order valence-electron chi connectivity index (χ0n) is 15.6. The lowest BCUT2D eigenvalue weighted by molar-refractivity contribution is -0.117. The van der Waals surface area contributed by atoms with E-state index in [2.05, 4.69) is 26.2 Å². The number of rotatable bonds is 5. The van der Waals surface area contributed by atoms with E-state index < -0.39 is 6.03 Å². The Balaban J connectivity index is 1.50. The molecule has 2 N–H and O–H groups in total. The van der Waals surface area contributed by atoms with Gasteiger partial charge >= 0.3 is 6.03 Å². The highest BCUT2D eigenvalue weighted by molar-refractivity contribution is 7.99. The van der Waals surface area contributed by atoms with Gasteiger partial charge in [0.15, 0.2) is 0 Å². The quantitative estimate of drug-likeness (QED) is 0.763. The molecule has 1 saturated carbocycles. The zero-order chi connectivity index (χ0) is 19.2. The number of imide groups is 1. The average Bonchev–Trinajstić information content (AvgIpc) is 3.13. The summed E-state index contributed by atoms with van der Waals surface area (Å²) in [6, 6.07) is 5.39. The molecule has 0 aliphatic heterocycles. The summed E-state index contributed by atoms with van der Waals surface area (Å²) in [6.07, 6.45) is 5.71. The second-order valence-electron chi connectivity index (χ2n) is 6.74. The molecule has 1 fully saturated rings. The van der Waals surface area contributed by atoms with Gasteiger partial charge in [-0.1, -0.05) is 43.2 Å².